The van der Waals surface area contributed by atoms with Gasteiger partial charge in [-0.25, -0.2) is 4.39 Å². The van der Waals surface area contributed by atoms with Gasteiger partial charge >= 0.3 is 0 Å². The zero-order valence-electron chi connectivity index (χ0n) is 13.8. The zero-order chi connectivity index (χ0) is 15.8. The van der Waals surface area contributed by atoms with Crippen molar-refractivity contribution in [2.75, 3.05) is 14.2 Å². The highest BCUT2D eigenvalue weighted by atomic mass is 19.1. The molecule has 2 atom stereocenters. The molecule has 0 amide bonds. The van der Waals surface area contributed by atoms with Gasteiger partial charge in [-0.15, -0.1) is 0 Å². The van der Waals surface area contributed by atoms with E-state index in [1.807, 2.05) is 13.1 Å². The minimum atomic E-state index is -0.335. The van der Waals surface area contributed by atoms with E-state index in [1.165, 1.54) is 13.2 Å². The molecule has 0 aromatic heterocycles. The molecule has 1 heterocycles. The van der Waals surface area contributed by atoms with Crippen LogP contribution in [0.25, 0.3) is 0 Å². The highest BCUT2D eigenvalue weighted by Crippen LogP contribution is 2.47. The molecule has 0 bridgehead atoms. The molecule has 1 aromatic rings. The van der Waals surface area contributed by atoms with Gasteiger partial charge in [-0.05, 0) is 58.9 Å². The first-order chi connectivity index (χ1) is 9.70. The minimum Gasteiger partial charge on any atom is -0.494 e. The minimum absolute atomic E-state index is 0.0938. The van der Waals surface area contributed by atoms with Crippen molar-refractivity contribution in [3.8, 4) is 5.75 Å². The number of hydrogen-bond acceptors (Lipinski definition) is 3. The van der Waals surface area contributed by atoms with Gasteiger partial charge in [0.05, 0.1) is 18.3 Å². The van der Waals surface area contributed by atoms with E-state index in [-0.39, 0.29) is 28.8 Å². The van der Waals surface area contributed by atoms with Crippen molar-refractivity contribution in [2.24, 2.45) is 5.92 Å². The summed E-state index contributed by atoms with van der Waals surface area (Å²) in [6, 6.07) is 5.15. The van der Waals surface area contributed by atoms with Crippen LogP contribution >= 0.6 is 0 Å². The van der Waals surface area contributed by atoms with Crippen LogP contribution in [0.3, 0.4) is 0 Å². The average molecular weight is 295 g/mol. The van der Waals surface area contributed by atoms with Crippen molar-refractivity contribution in [2.45, 2.75) is 51.4 Å². The van der Waals surface area contributed by atoms with Crippen LogP contribution in [0.2, 0.25) is 0 Å². The summed E-state index contributed by atoms with van der Waals surface area (Å²) in [6.45, 7) is 8.48. The highest BCUT2D eigenvalue weighted by Gasteiger charge is 2.49. The number of halogens is 1. The van der Waals surface area contributed by atoms with Crippen molar-refractivity contribution in [1.82, 2.24) is 5.32 Å². The summed E-state index contributed by atoms with van der Waals surface area (Å²) >= 11 is 0. The quantitative estimate of drug-likeness (QED) is 0.919. The Morgan fingerprint density at radius 3 is 2.48 bits per heavy atom. The highest BCUT2D eigenvalue weighted by molar-refractivity contribution is 5.33. The summed E-state index contributed by atoms with van der Waals surface area (Å²) in [6.07, 6.45) is 0.950. The second-order valence-corrected chi connectivity index (χ2v) is 6.94. The van der Waals surface area contributed by atoms with Crippen LogP contribution in [-0.2, 0) is 4.74 Å². The van der Waals surface area contributed by atoms with E-state index in [0.29, 0.717) is 5.92 Å². The molecule has 1 aliphatic heterocycles. The Morgan fingerprint density at radius 1 is 1.33 bits per heavy atom. The monoisotopic (exact) mass is 295 g/mol. The third-order valence-corrected chi connectivity index (χ3v) is 4.39. The predicted molar refractivity (Wildman–Crippen MR) is 82.1 cm³/mol. The summed E-state index contributed by atoms with van der Waals surface area (Å²) in [5, 5.41) is 3.37. The second-order valence-electron chi connectivity index (χ2n) is 6.94. The van der Waals surface area contributed by atoms with Crippen LogP contribution in [0, 0.1) is 11.7 Å². The molecule has 3 nitrogen and oxygen atoms in total. The third kappa shape index (κ3) is 3.22. The Bertz CT molecular complexity index is 514. The Labute approximate surface area is 126 Å². The van der Waals surface area contributed by atoms with Crippen LogP contribution in [0.1, 0.15) is 45.7 Å². The molecule has 2 unspecified atom stereocenters. The summed E-state index contributed by atoms with van der Waals surface area (Å²) in [5.74, 6) is 0.245. The molecule has 2 rings (SSSR count). The lowest BCUT2D eigenvalue weighted by Gasteiger charge is -2.33. The second kappa shape index (κ2) is 5.58. The molecule has 21 heavy (non-hydrogen) atoms. The fraction of sp³-hybridized carbons (Fsp3) is 0.647. The molecule has 4 heteroatoms. The van der Waals surface area contributed by atoms with Gasteiger partial charge in [0.2, 0.25) is 0 Å². The van der Waals surface area contributed by atoms with E-state index < -0.39 is 0 Å². The van der Waals surface area contributed by atoms with E-state index in [4.69, 9.17) is 9.47 Å². The molecule has 0 aliphatic carbocycles. The molecule has 1 aliphatic rings. The van der Waals surface area contributed by atoms with E-state index >= 15 is 0 Å². The van der Waals surface area contributed by atoms with Crippen LogP contribution in [0.5, 0.6) is 5.75 Å². The number of nitrogens with one attached hydrogen (secondary N) is 1. The SMILES string of the molecule is CNC(c1ccc(F)c(OC)c1)C1CC(C)(C)OC1(C)C. The van der Waals surface area contributed by atoms with E-state index in [1.54, 1.807) is 6.07 Å². The Morgan fingerprint density at radius 2 is 2.00 bits per heavy atom. The number of ether oxygens (including phenoxy) is 2. The Hall–Kier alpha value is -1.13. The van der Waals surface area contributed by atoms with Gasteiger partial charge in [-0.1, -0.05) is 6.07 Å². The lowest BCUT2D eigenvalue weighted by molar-refractivity contribution is -0.0776. The maximum atomic E-state index is 13.6. The van der Waals surface area contributed by atoms with E-state index in [9.17, 15) is 4.39 Å². The third-order valence-electron chi connectivity index (χ3n) is 4.39. The summed E-state index contributed by atoms with van der Waals surface area (Å²) in [4.78, 5) is 0. The van der Waals surface area contributed by atoms with E-state index in [0.717, 1.165) is 12.0 Å². The first-order valence-electron chi connectivity index (χ1n) is 7.41. The van der Waals surface area contributed by atoms with Gasteiger partial charge < -0.3 is 14.8 Å². The molecule has 1 N–H and O–H groups in total. The maximum absolute atomic E-state index is 13.6. The van der Waals surface area contributed by atoms with Gasteiger partial charge in [-0.3, -0.25) is 0 Å². The standard InChI is InChI=1S/C17H26FNO2/c1-16(2)10-12(17(3,4)21-16)15(19-5)11-7-8-13(18)14(9-11)20-6/h7-9,12,15,19H,10H2,1-6H3. The molecule has 1 aromatic carbocycles. The average Bonchev–Trinajstić information content (AvgIpc) is 2.60. The molecule has 1 saturated heterocycles. The lowest BCUT2D eigenvalue weighted by atomic mass is 9.79. The largest absolute Gasteiger partial charge is 0.494 e. The predicted octanol–water partition coefficient (Wildman–Crippen LogP) is 3.69. The first-order valence-corrected chi connectivity index (χ1v) is 7.41. The topological polar surface area (TPSA) is 30.5 Å². The van der Waals surface area contributed by atoms with Crippen molar-refractivity contribution in [3.63, 3.8) is 0 Å². The molecule has 0 saturated carbocycles. The first kappa shape index (κ1) is 16.2. The molecule has 118 valence electrons. The molecular formula is C17H26FNO2. The van der Waals surface area contributed by atoms with Crippen LogP contribution in [0.15, 0.2) is 18.2 Å². The summed E-state index contributed by atoms with van der Waals surface area (Å²) < 4.78 is 24.9. The number of benzene rings is 1. The summed E-state index contributed by atoms with van der Waals surface area (Å²) in [7, 11) is 3.42. The van der Waals surface area contributed by atoms with Crippen molar-refractivity contribution in [1.29, 1.82) is 0 Å². The normalized spacial score (nSPS) is 24.8. The van der Waals surface area contributed by atoms with Crippen LogP contribution in [0.4, 0.5) is 4.39 Å². The molecular weight excluding hydrogens is 269 g/mol. The fourth-order valence-corrected chi connectivity index (χ4v) is 3.59. The van der Waals surface area contributed by atoms with Crippen LogP contribution < -0.4 is 10.1 Å². The van der Waals surface area contributed by atoms with Crippen molar-refractivity contribution >= 4 is 0 Å². The number of methoxy groups -OCH3 is 1. The Kier molecular flexibility index (Phi) is 4.31. The lowest BCUT2D eigenvalue weighted by Crippen LogP contribution is -2.37. The van der Waals surface area contributed by atoms with Crippen molar-refractivity contribution in [3.05, 3.63) is 29.6 Å². The zero-order valence-corrected chi connectivity index (χ0v) is 13.8. The number of rotatable bonds is 4. The van der Waals surface area contributed by atoms with Gasteiger partial charge in [0, 0.05) is 12.0 Å². The van der Waals surface area contributed by atoms with E-state index in [2.05, 4.69) is 33.0 Å². The Balaban J connectivity index is 2.36. The van der Waals surface area contributed by atoms with Crippen molar-refractivity contribution < 1.29 is 13.9 Å². The molecule has 0 spiro atoms. The maximum Gasteiger partial charge on any atom is 0.165 e. The molecule has 1 fully saturated rings. The van der Waals surface area contributed by atoms with Crippen LogP contribution in [-0.4, -0.2) is 25.4 Å². The smallest absolute Gasteiger partial charge is 0.165 e. The van der Waals surface area contributed by atoms with Gasteiger partial charge in [0.15, 0.2) is 11.6 Å². The van der Waals surface area contributed by atoms with Gasteiger partial charge in [0.1, 0.15) is 0 Å². The van der Waals surface area contributed by atoms with Gasteiger partial charge in [0.25, 0.3) is 0 Å². The number of hydrogen-bond donors (Lipinski definition) is 1. The summed E-state index contributed by atoms with van der Waals surface area (Å²) in [5.41, 5.74) is 0.641. The fourth-order valence-electron chi connectivity index (χ4n) is 3.59. The molecule has 0 radical (unpaired) electrons. The van der Waals surface area contributed by atoms with Gasteiger partial charge in [-0.2, -0.15) is 0 Å².